The van der Waals surface area contributed by atoms with Crippen LogP contribution in [0.4, 0.5) is 11.4 Å². The van der Waals surface area contributed by atoms with Gasteiger partial charge in [0.25, 0.3) is 0 Å². The molecule has 3 rings (SSSR count). The number of rotatable bonds is 4. The third-order valence-corrected chi connectivity index (χ3v) is 5.06. The van der Waals surface area contributed by atoms with Crippen molar-refractivity contribution >= 4 is 21.2 Å². The lowest BCUT2D eigenvalue weighted by atomic mass is 9.77. The Bertz CT molecular complexity index is 785. The molecule has 0 amide bonds. The topological polar surface area (TPSA) is 72.2 Å². The molecule has 0 saturated heterocycles. The van der Waals surface area contributed by atoms with E-state index >= 15 is 0 Å². The van der Waals surface area contributed by atoms with Crippen LogP contribution in [0.3, 0.4) is 0 Å². The van der Waals surface area contributed by atoms with Gasteiger partial charge in [0.15, 0.2) is 9.84 Å². The van der Waals surface area contributed by atoms with Gasteiger partial charge in [-0.15, -0.1) is 0 Å². The van der Waals surface area contributed by atoms with Gasteiger partial charge in [-0.2, -0.15) is 0 Å². The molecular weight excluding hydrogens is 284 g/mol. The van der Waals surface area contributed by atoms with E-state index in [1.165, 1.54) is 23.4 Å². The summed E-state index contributed by atoms with van der Waals surface area (Å²) < 4.78 is 23.0. The maximum Gasteiger partial charge on any atom is 0.175 e. The molecule has 1 aliphatic carbocycles. The highest BCUT2D eigenvalue weighted by Crippen LogP contribution is 2.35. The first-order chi connectivity index (χ1) is 9.95. The molecule has 0 aliphatic heterocycles. The van der Waals surface area contributed by atoms with Crippen molar-refractivity contribution in [2.75, 3.05) is 23.9 Å². The van der Waals surface area contributed by atoms with Crippen LogP contribution in [0, 0.1) is 0 Å². The summed E-state index contributed by atoms with van der Waals surface area (Å²) in [5.74, 6) is 0.496. The van der Waals surface area contributed by atoms with Crippen LogP contribution in [0.15, 0.2) is 47.4 Å². The summed E-state index contributed by atoms with van der Waals surface area (Å²) in [7, 11) is -3.21. The zero-order valence-electron chi connectivity index (χ0n) is 11.8. The highest BCUT2D eigenvalue weighted by molar-refractivity contribution is 7.90. The number of benzene rings is 2. The van der Waals surface area contributed by atoms with Crippen molar-refractivity contribution in [1.29, 1.82) is 0 Å². The molecule has 0 spiro atoms. The number of nitrogens with two attached hydrogens (primary N) is 1. The van der Waals surface area contributed by atoms with Gasteiger partial charge in [0, 0.05) is 18.7 Å². The lowest BCUT2D eigenvalue weighted by Gasteiger charge is -2.30. The number of sulfone groups is 1. The van der Waals surface area contributed by atoms with E-state index in [1.54, 1.807) is 12.1 Å². The predicted octanol–water partition coefficient (Wildman–Crippen LogP) is 2.42. The number of hydrogen-bond donors (Lipinski definition) is 2. The number of nitrogens with one attached hydrogen (secondary N) is 1. The first-order valence-electron chi connectivity index (χ1n) is 6.86. The highest BCUT2D eigenvalue weighted by Gasteiger charge is 2.25. The SMILES string of the molecule is CS(=O)(=O)c1ccc(NCC2Cc3ccccc32)c(N)c1. The van der Waals surface area contributed by atoms with E-state index in [-0.39, 0.29) is 4.90 Å². The van der Waals surface area contributed by atoms with Gasteiger partial charge in [-0.05, 0) is 35.7 Å². The first-order valence-corrected chi connectivity index (χ1v) is 8.75. The second-order valence-corrected chi connectivity index (χ2v) is 7.52. The molecule has 1 unspecified atom stereocenters. The van der Waals surface area contributed by atoms with E-state index in [4.69, 9.17) is 5.73 Å². The number of hydrogen-bond acceptors (Lipinski definition) is 4. The fourth-order valence-electron chi connectivity index (χ4n) is 2.71. The van der Waals surface area contributed by atoms with E-state index in [2.05, 4.69) is 29.6 Å². The van der Waals surface area contributed by atoms with Gasteiger partial charge in [-0.3, -0.25) is 0 Å². The smallest absolute Gasteiger partial charge is 0.175 e. The van der Waals surface area contributed by atoms with Crippen LogP contribution in [0.1, 0.15) is 17.0 Å². The Morgan fingerprint density at radius 2 is 2.00 bits per heavy atom. The minimum Gasteiger partial charge on any atom is -0.397 e. The third kappa shape index (κ3) is 2.74. The van der Waals surface area contributed by atoms with Crippen LogP contribution >= 0.6 is 0 Å². The van der Waals surface area contributed by atoms with Crippen molar-refractivity contribution in [3.05, 3.63) is 53.6 Å². The Balaban J connectivity index is 1.70. The molecule has 0 aromatic heterocycles. The van der Waals surface area contributed by atoms with E-state index in [1.807, 2.05) is 0 Å². The Morgan fingerprint density at radius 3 is 2.67 bits per heavy atom. The molecule has 0 saturated carbocycles. The fourth-order valence-corrected chi connectivity index (χ4v) is 3.37. The molecule has 1 aliphatic rings. The highest BCUT2D eigenvalue weighted by atomic mass is 32.2. The summed E-state index contributed by atoms with van der Waals surface area (Å²) in [5.41, 5.74) is 9.97. The van der Waals surface area contributed by atoms with E-state index in [0.29, 0.717) is 11.6 Å². The molecule has 2 aromatic carbocycles. The molecule has 1 atom stereocenters. The van der Waals surface area contributed by atoms with Crippen molar-refractivity contribution < 1.29 is 8.42 Å². The summed E-state index contributed by atoms with van der Waals surface area (Å²) in [6.07, 6.45) is 2.25. The van der Waals surface area contributed by atoms with Crippen LogP contribution in [-0.2, 0) is 16.3 Å². The summed E-state index contributed by atoms with van der Waals surface area (Å²) in [5, 5.41) is 3.31. The maximum atomic E-state index is 11.5. The van der Waals surface area contributed by atoms with Crippen molar-refractivity contribution in [2.24, 2.45) is 0 Å². The largest absolute Gasteiger partial charge is 0.397 e. The minimum absolute atomic E-state index is 0.250. The number of fused-ring (bicyclic) bond motifs is 1. The average Bonchev–Trinajstić information content (AvgIpc) is 2.40. The van der Waals surface area contributed by atoms with Crippen LogP contribution < -0.4 is 11.1 Å². The van der Waals surface area contributed by atoms with Crippen molar-refractivity contribution in [1.82, 2.24) is 0 Å². The lowest BCUT2D eigenvalue weighted by molar-refractivity contribution is 0.602. The number of anilines is 2. The van der Waals surface area contributed by atoms with Crippen molar-refractivity contribution in [3.63, 3.8) is 0 Å². The fraction of sp³-hybridized carbons (Fsp3) is 0.250. The van der Waals surface area contributed by atoms with Gasteiger partial charge in [0.2, 0.25) is 0 Å². The summed E-state index contributed by atoms with van der Waals surface area (Å²) in [6.45, 7) is 0.805. The first kappa shape index (κ1) is 13.9. The second kappa shape index (κ2) is 5.07. The molecule has 5 heteroatoms. The van der Waals surface area contributed by atoms with Gasteiger partial charge in [0.1, 0.15) is 0 Å². The normalized spacial score (nSPS) is 16.9. The monoisotopic (exact) mass is 302 g/mol. The quantitative estimate of drug-likeness (QED) is 0.851. The van der Waals surface area contributed by atoms with Crippen LogP contribution in [0.2, 0.25) is 0 Å². The number of nitrogen functional groups attached to an aromatic ring is 1. The molecule has 21 heavy (non-hydrogen) atoms. The molecule has 0 fully saturated rings. The molecule has 0 bridgehead atoms. The van der Waals surface area contributed by atoms with Crippen molar-refractivity contribution in [2.45, 2.75) is 17.2 Å². The second-order valence-electron chi connectivity index (χ2n) is 5.50. The van der Waals surface area contributed by atoms with Gasteiger partial charge in [-0.1, -0.05) is 24.3 Å². The summed E-state index contributed by atoms with van der Waals surface area (Å²) >= 11 is 0. The molecule has 0 heterocycles. The standard InChI is InChI=1S/C16H18N2O2S/c1-21(19,20)13-6-7-16(15(17)9-13)18-10-12-8-11-4-2-3-5-14(11)12/h2-7,9,12,18H,8,10,17H2,1H3. The van der Waals surface area contributed by atoms with E-state index in [0.717, 1.165) is 18.7 Å². The van der Waals surface area contributed by atoms with Crippen LogP contribution in [-0.4, -0.2) is 21.2 Å². The van der Waals surface area contributed by atoms with E-state index in [9.17, 15) is 8.42 Å². The third-order valence-electron chi connectivity index (χ3n) is 3.95. The minimum atomic E-state index is -3.21. The van der Waals surface area contributed by atoms with Gasteiger partial charge >= 0.3 is 0 Å². The predicted molar refractivity (Wildman–Crippen MR) is 85.3 cm³/mol. The Labute approximate surface area is 124 Å². The summed E-state index contributed by atoms with van der Waals surface area (Å²) in [6, 6.07) is 13.2. The van der Waals surface area contributed by atoms with E-state index < -0.39 is 9.84 Å². The molecule has 110 valence electrons. The average molecular weight is 302 g/mol. The van der Waals surface area contributed by atoms with Gasteiger partial charge < -0.3 is 11.1 Å². The van der Waals surface area contributed by atoms with Gasteiger partial charge in [-0.25, -0.2) is 8.42 Å². The van der Waals surface area contributed by atoms with Crippen LogP contribution in [0.25, 0.3) is 0 Å². The maximum absolute atomic E-state index is 11.5. The lowest BCUT2D eigenvalue weighted by Crippen LogP contribution is -2.24. The summed E-state index contributed by atoms with van der Waals surface area (Å²) in [4.78, 5) is 0.250. The molecule has 2 aromatic rings. The Morgan fingerprint density at radius 1 is 1.24 bits per heavy atom. The van der Waals surface area contributed by atoms with Gasteiger partial charge in [0.05, 0.1) is 16.3 Å². The molecule has 4 nitrogen and oxygen atoms in total. The Kier molecular flexibility index (Phi) is 3.37. The molecule has 0 radical (unpaired) electrons. The van der Waals surface area contributed by atoms with Crippen molar-refractivity contribution in [3.8, 4) is 0 Å². The van der Waals surface area contributed by atoms with Crippen LogP contribution in [0.5, 0.6) is 0 Å². The zero-order chi connectivity index (χ0) is 15.0. The molecular formula is C16H18N2O2S. The zero-order valence-corrected chi connectivity index (χ0v) is 12.7. The molecule has 3 N–H and O–H groups in total. The Hall–Kier alpha value is -2.01.